The second-order valence-electron chi connectivity index (χ2n) is 10.2. The van der Waals surface area contributed by atoms with E-state index in [4.69, 9.17) is 4.43 Å². The molecule has 1 unspecified atom stereocenters. The molecular formula is C23H34N4O3Si. The smallest absolute Gasteiger partial charge is 0.329 e. The van der Waals surface area contributed by atoms with Crippen molar-refractivity contribution in [2.75, 3.05) is 13.1 Å². The summed E-state index contributed by atoms with van der Waals surface area (Å²) in [7, 11) is -2.08. The first kappa shape index (κ1) is 22.0. The molecule has 1 N–H and O–H groups in total. The van der Waals surface area contributed by atoms with Crippen molar-refractivity contribution in [2.45, 2.75) is 71.2 Å². The quantitative estimate of drug-likeness (QED) is 0.740. The van der Waals surface area contributed by atoms with Gasteiger partial charge >= 0.3 is 5.69 Å². The van der Waals surface area contributed by atoms with E-state index >= 15 is 0 Å². The van der Waals surface area contributed by atoms with Gasteiger partial charge < -0.3 is 14.6 Å². The van der Waals surface area contributed by atoms with Gasteiger partial charge in [-0.25, -0.2) is 4.79 Å². The Morgan fingerprint density at radius 2 is 1.81 bits per heavy atom. The van der Waals surface area contributed by atoms with Crippen LogP contribution in [0.15, 0.2) is 35.1 Å². The van der Waals surface area contributed by atoms with E-state index in [1.54, 1.807) is 9.13 Å². The third-order valence-electron chi connectivity index (χ3n) is 6.92. The highest BCUT2D eigenvalue weighted by molar-refractivity contribution is 6.74. The molecule has 1 aromatic carbocycles. The van der Waals surface area contributed by atoms with Crippen molar-refractivity contribution in [1.29, 1.82) is 0 Å². The van der Waals surface area contributed by atoms with Gasteiger partial charge in [-0.15, -0.1) is 0 Å². The summed E-state index contributed by atoms with van der Waals surface area (Å²) >= 11 is 0. The van der Waals surface area contributed by atoms with E-state index in [0.29, 0.717) is 38.4 Å². The monoisotopic (exact) mass is 442 g/mol. The average Bonchev–Trinajstić information content (AvgIpc) is 2.90. The summed E-state index contributed by atoms with van der Waals surface area (Å²) < 4.78 is 10.2. The summed E-state index contributed by atoms with van der Waals surface area (Å²) in [6.07, 6.45) is -0.218. The highest BCUT2D eigenvalue weighted by atomic mass is 28.4. The second-order valence-corrected chi connectivity index (χ2v) is 14.9. The van der Waals surface area contributed by atoms with E-state index in [9.17, 15) is 9.59 Å². The van der Waals surface area contributed by atoms with Crippen molar-refractivity contribution >= 4 is 14.2 Å². The molecule has 2 aliphatic heterocycles. The molecule has 31 heavy (non-hydrogen) atoms. The van der Waals surface area contributed by atoms with Gasteiger partial charge in [0.05, 0.1) is 18.3 Å². The largest absolute Gasteiger partial charge is 0.410 e. The van der Waals surface area contributed by atoms with Gasteiger partial charge in [0.1, 0.15) is 5.69 Å². The maximum Gasteiger partial charge on any atom is 0.329 e. The molecule has 0 fully saturated rings. The van der Waals surface area contributed by atoms with E-state index in [-0.39, 0.29) is 22.7 Å². The number of carbonyl (C=O) groups excluding carboxylic acids is 1. The van der Waals surface area contributed by atoms with Crippen molar-refractivity contribution in [2.24, 2.45) is 0 Å². The van der Waals surface area contributed by atoms with Crippen LogP contribution in [0, 0.1) is 0 Å². The lowest BCUT2D eigenvalue weighted by Gasteiger charge is -2.39. The Bertz CT molecular complexity index is 1020. The lowest BCUT2D eigenvalue weighted by molar-refractivity contribution is 0.0643. The van der Waals surface area contributed by atoms with Crippen LogP contribution in [0.5, 0.6) is 0 Å². The normalized spacial score (nSPS) is 19.7. The molecular weight excluding hydrogens is 408 g/mol. The third kappa shape index (κ3) is 4.16. The fourth-order valence-electron chi connectivity index (χ4n) is 4.20. The molecule has 0 radical (unpaired) electrons. The first-order valence-electron chi connectivity index (χ1n) is 11.1. The van der Waals surface area contributed by atoms with Crippen LogP contribution in [0.1, 0.15) is 42.5 Å². The van der Waals surface area contributed by atoms with Gasteiger partial charge in [-0.3, -0.25) is 13.9 Å². The predicted octanol–water partition coefficient (Wildman–Crippen LogP) is 2.80. The molecule has 1 aromatic heterocycles. The van der Waals surface area contributed by atoms with Crippen molar-refractivity contribution in [3.05, 3.63) is 57.8 Å². The molecule has 1 amide bonds. The van der Waals surface area contributed by atoms with Crippen LogP contribution in [0.2, 0.25) is 18.1 Å². The Balaban J connectivity index is 1.75. The SMILES string of the molecule is CC(C)(C)[Si](C)(C)OC1CN(Cc2ccccc2)C(=O)c2c3n(c(=O)n2C1)CCNC3. The maximum atomic E-state index is 13.7. The molecule has 4 rings (SSSR count). The zero-order chi connectivity index (χ0) is 22.4. The number of rotatable bonds is 4. The summed E-state index contributed by atoms with van der Waals surface area (Å²) in [5, 5.41) is 3.36. The van der Waals surface area contributed by atoms with E-state index < -0.39 is 8.32 Å². The van der Waals surface area contributed by atoms with Crippen molar-refractivity contribution in [3.63, 3.8) is 0 Å². The van der Waals surface area contributed by atoms with Crippen molar-refractivity contribution in [1.82, 2.24) is 19.4 Å². The Kier molecular flexibility index (Phi) is 5.74. The van der Waals surface area contributed by atoms with Gasteiger partial charge in [0.25, 0.3) is 5.91 Å². The third-order valence-corrected chi connectivity index (χ3v) is 11.5. The molecule has 0 saturated carbocycles. The topological polar surface area (TPSA) is 68.5 Å². The van der Waals surface area contributed by atoms with Crippen LogP contribution >= 0.6 is 0 Å². The van der Waals surface area contributed by atoms with Crippen LogP contribution in [0.3, 0.4) is 0 Å². The second kappa shape index (κ2) is 8.07. The Morgan fingerprint density at radius 1 is 1.10 bits per heavy atom. The first-order valence-corrected chi connectivity index (χ1v) is 14.0. The Morgan fingerprint density at radius 3 is 2.48 bits per heavy atom. The number of amides is 1. The number of nitrogens with one attached hydrogen (secondary N) is 1. The molecule has 0 bridgehead atoms. The highest BCUT2D eigenvalue weighted by Gasteiger charge is 2.42. The van der Waals surface area contributed by atoms with Crippen LogP contribution in [0.4, 0.5) is 0 Å². The molecule has 7 nitrogen and oxygen atoms in total. The Hall–Kier alpha value is -2.16. The number of hydrogen-bond acceptors (Lipinski definition) is 4. The maximum absolute atomic E-state index is 13.7. The minimum Gasteiger partial charge on any atom is -0.410 e. The number of nitrogens with zero attached hydrogens (tertiary/aromatic N) is 3. The fourth-order valence-corrected chi connectivity index (χ4v) is 5.54. The van der Waals surface area contributed by atoms with Gasteiger partial charge in [0, 0.05) is 32.7 Å². The molecule has 8 heteroatoms. The zero-order valence-electron chi connectivity index (χ0n) is 19.3. The van der Waals surface area contributed by atoms with Crippen LogP contribution < -0.4 is 11.0 Å². The summed E-state index contributed by atoms with van der Waals surface area (Å²) in [6, 6.07) is 10.0. The van der Waals surface area contributed by atoms with E-state index in [2.05, 4.69) is 39.2 Å². The summed E-state index contributed by atoms with van der Waals surface area (Å²) in [5.41, 5.74) is 2.30. The van der Waals surface area contributed by atoms with Gasteiger partial charge in [-0.05, 0) is 23.7 Å². The van der Waals surface area contributed by atoms with Crippen molar-refractivity contribution in [3.8, 4) is 0 Å². The van der Waals surface area contributed by atoms with Crippen molar-refractivity contribution < 1.29 is 9.22 Å². The van der Waals surface area contributed by atoms with Gasteiger partial charge in [0.2, 0.25) is 0 Å². The van der Waals surface area contributed by atoms with Gasteiger partial charge in [-0.2, -0.15) is 0 Å². The van der Waals surface area contributed by atoms with E-state index in [0.717, 1.165) is 17.8 Å². The number of fused-ring (bicyclic) bond motifs is 3. The summed E-state index contributed by atoms with van der Waals surface area (Å²) in [4.78, 5) is 28.8. The molecule has 2 aromatic rings. The average molecular weight is 443 g/mol. The Labute approximate surface area is 185 Å². The van der Waals surface area contributed by atoms with E-state index in [1.807, 2.05) is 35.2 Å². The first-order chi connectivity index (χ1) is 14.6. The molecule has 2 aliphatic rings. The highest BCUT2D eigenvalue weighted by Crippen LogP contribution is 2.38. The molecule has 3 heterocycles. The minimum atomic E-state index is -2.08. The molecule has 168 valence electrons. The number of hydrogen-bond donors (Lipinski definition) is 1. The predicted molar refractivity (Wildman–Crippen MR) is 124 cm³/mol. The summed E-state index contributed by atoms with van der Waals surface area (Å²) in [5.74, 6) is -0.0836. The number of benzene rings is 1. The molecule has 0 saturated heterocycles. The van der Waals surface area contributed by atoms with Crippen LogP contribution in [0.25, 0.3) is 0 Å². The zero-order valence-corrected chi connectivity index (χ0v) is 20.3. The van der Waals surface area contributed by atoms with Crippen LogP contribution in [-0.4, -0.2) is 47.5 Å². The standard InChI is InChI=1S/C23H34N4O3Si/c1-23(2,3)31(4,5)30-18-15-25(14-17-9-7-6-8-10-17)21(28)20-19-13-24-11-12-26(19)22(29)27(20)16-18/h6-10,18,24H,11-16H2,1-5H3. The van der Waals surface area contributed by atoms with Gasteiger partial charge in [-0.1, -0.05) is 51.1 Å². The van der Waals surface area contributed by atoms with Crippen LogP contribution in [-0.2, 0) is 30.6 Å². The van der Waals surface area contributed by atoms with E-state index in [1.165, 1.54) is 0 Å². The lowest BCUT2D eigenvalue weighted by Crippen LogP contribution is -2.48. The fraction of sp³-hybridized carbons (Fsp3) is 0.565. The number of aromatic nitrogens is 2. The summed E-state index contributed by atoms with van der Waals surface area (Å²) in [6.45, 7) is 14.3. The molecule has 0 spiro atoms. The number of carbonyl (C=O) groups is 1. The molecule has 0 aliphatic carbocycles. The van der Waals surface area contributed by atoms with Gasteiger partial charge in [0.15, 0.2) is 8.32 Å². The molecule has 1 atom stereocenters. The number of imidazole rings is 1. The minimum absolute atomic E-state index is 0.0469. The lowest BCUT2D eigenvalue weighted by atomic mass is 10.2.